The summed E-state index contributed by atoms with van der Waals surface area (Å²) in [7, 11) is 0. The molecule has 0 saturated carbocycles. The molecule has 3 aromatic rings. The van der Waals surface area contributed by atoms with Crippen molar-refractivity contribution in [2.45, 2.75) is 19.5 Å². The van der Waals surface area contributed by atoms with Gasteiger partial charge >= 0.3 is 6.18 Å². The number of aromatic nitrogens is 3. The fraction of sp³-hybridized carbons (Fsp3) is 0.200. The largest absolute Gasteiger partial charge is 0.484 e. The van der Waals surface area contributed by atoms with Gasteiger partial charge in [0.1, 0.15) is 11.6 Å². The van der Waals surface area contributed by atoms with E-state index < -0.39 is 24.2 Å². The van der Waals surface area contributed by atoms with Gasteiger partial charge in [-0.3, -0.25) is 14.6 Å². The van der Waals surface area contributed by atoms with Crippen molar-refractivity contribution in [3.63, 3.8) is 0 Å². The molecular formula is C20H17F3N4O3. The Bertz CT molecular complexity index is 1080. The molecule has 0 atom stereocenters. The zero-order chi connectivity index (χ0) is 21.7. The van der Waals surface area contributed by atoms with Crippen molar-refractivity contribution in [1.29, 1.82) is 0 Å². The lowest BCUT2D eigenvalue weighted by Gasteiger charge is -2.10. The summed E-state index contributed by atoms with van der Waals surface area (Å²) in [6.07, 6.45) is -1.49. The lowest BCUT2D eigenvalue weighted by Crippen LogP contribution is -2.24. The molecule has 0 aliphatic carbocycles. The molecule has 0 spiro atoms. The summed E-state index contributed by atoms with van der Waals surface area (Å²) < 4.78 is 41.1. The highest BCUT2D eigenvalue weighted by Crippen LogP contribution is 2.20. The number of aryl methyl sites for hydroxylation is 1. The van der Waals surface area contributed by atoms with Gasteiger partial charge in [-0.05, 0) is 43.3 Å². The number of aromatic amines is 1. The van der Waals surface area contributed by atoms with Gasteiger partial charge in [0.15, 0.2) is 6.61 Å². The van der Waals surface area contributed by atoms with Crippen LogP contribution in [0.3, 0.4) is 0 Å². The highest BCUT2D eigenvalue weighted by atomic mass is 19.4. The highest BCUT2D eigenvalue weighted by Gasteiger charge is 2.28. The van der Waals surface area contributed by atoms with Crippen molar-refractivity contribution in [3.05, 3.63) is 70.4 Å². The van der Waals surface area contributed by atoms with Crippen LogP contribution in [0.2, 0.25) is 0 Å². The van der Waals surface area contributed by atoms with Gasteiger partial charge in [-0.1, -0.05) is 0 Å². The molecule has 156 valence electrons. The van der Waals surface area contributed by atoms with Crippen LogP contribution in [0.5, 0.6) is 5.75 Å². The van der Waals surface area contributed by atoms with Gasteiger partial charge < -0.3 is 15.0 Å². The lowest BCUT2D eigenvalue weighted by atomic mass is 10.1. The first-order chi connectivity index (χ1) is 14.2. The molecule has 3 rings (SSSR count). The summed E-state index contributed by atoms with van der Waals surface area (Å²) in [5.41, 5.74) is 1.18. The van der Waals surface area contributed by atoms with Crippen LogP contribution in [0.4, 0.5) is 18.9 Å². The molecule has 0 bridgehead atoms. The van der Waals surface area contributed by atoms with Crippen LogP contribution in [-0.4, -0.2) is 33.6 Å². The van der Waals surface area contributed by atoms with Crippen molar-refractivity contribution >= 4 is 11.6 Å². The quantitative estimate of drug-likeness (QED) is 0.641. The molecule has 0 aliphatic rings. The fourth-order valence-electron chi connectivity index (χ4n) is 2.62. The Labute approximate surface area is 169 Å². The van der Waals surface area contributed by atoms with E-state index in [-0.39, 0.29) is 17.7 Å². The van der Waals surface area contributed by atoms with Crippen molar-refractivity contribution < 1.29 is 22.7 Å². The lowest BCUT2D eigenvalue weighted by molar-refractivity contribution is -0.153. The van der Waals surface area contributed by atoms with E-state index >= 15 is 0 Å². The molecule has 2 N–H and O–H groups in total. The average molecular weight is 418 g/mol. The Hall–Kier alpha value is -3.69. The molecule has 2 heterocycles. The number of amides is 1. The Morgan fingerprint density at radius 1 is 1.20 bits per heavy atom. The van der Waals surface area contributed by atoms with E-state index in [1.165, 1.54) is 24.3 Å². The monoisotopic (exact) mass is 418 g/mol. The van der Waals surface area contributed by atoms with Crippen molar-refractivity contribution in [1.82, 2.24) is 15.0 Å². The van der Waals surface area contributed by atoms with Crippen molar-refractivity contribution in [2.24, 2.45) is 0 Å². The summed E-state index contributed by atoms with van der Waals surface area (Å²) in [5, 5.41) is 2.58. The van der Waals surface area contributed by atoms with Gasteiger partial charge in [0.25, 0.3) is 5.56 Å². The van der Waals surface area contributed by atoms with E-state index in [0.29, 0.717) is 22.8 Å². The van der Waals surface area contributed by atoms with E-state index in [9.17, 15) is 22.8 Å². The molecule has 0 unspecified atom stereocenters. The van der Waals surface area contributed by atoms with Crippen LogP contribution >= 0.6 is 0 Å². The Morgan fingerprint density at radius 3 is 2.53 bits per heavy atom. The number of anilines is 1. The van der Waals surface area contributed by atoms with Crippen molar-refractivity contribution in [3.8, 4) is 17.1 Å². The number of halogens is 3. The van der Waals surface area contributed by atoms with Gasteiger partial charge in [-0.25, -0.2) is 4.98 Å². The zero-order valence-electron chi connectivity index (χ0n) is 15.8. The number of carbonyl (C=O) groups excluding carboxylic acids is 1. The molecule has 0 fully saturated rings. The summed E-state index contributed by atoms with van der Waals surface area (Å²) in [6.45, 7) is 0.229. The third-order valence-electron chi connectivity index (χ3n) is 4.04. The predicted octanol–water partition coefficient (Wildman–Crippen LogP) is 3.26. The number of H-pyrrole nitrogens is 1. The SMILES string of the molecule is Cc1nc(-c2cccnc2)[nH]c(=O)c1CC(=O)Nc1ccc(OCC(F)(F)F)cc1. The van der Waals surface area contributed by atoms with Crippen LogP contribution in [0.1, 0.15) is 11.3 Å². The second-order valence-electron chi connectivity index (χ2n) is 6.37. The number of pyridine rings is 1. The van der Waals surface area contributed by atoms with Crippen LogP contribution in [0.15, 0.2) is 53.6 Å². The molecule has 0 radical (unpaired) electrons. The molecule has 7 nitrogen and oxygen atoms in total. The Kier molecular flexibility index (Phi) is 6.14. The number of nitrogens with one attached hydrogen (secondary N) is 2. The van der Waals surface area contributed by atoms with Crippen LogP contribution in [0, 0.1) is 6.92 Å². The molecule has 0 aliphatic heterocycles. The van der Waals surface area contributed by atoms with Gasteiger partial charge in [0.2, 0.25) is 5.91 Å². The Morgan fingerprint density at radius 2 is 1.93 bits per heavy atom. The van der Waals surface area contributed by atoms with Crippen LogP contribution in [-0.2, 0) is 11.2 Å². The first-order valence-corrected chi connectivity index (χ1v) is 8.81. The second-order valence-corrected chi connectivity index (χ2v) is 6.37. The minimum Gasteiger partial charge on any atom is -0.484 e. The normalized spacial score (nSPS) is 11.2. The maximum absolute atomic E-state index is 12.4. The van der Waals surface area contributed by atoms with Gasteiger partial charge in [0.05, 0.1) is 6.42 Å². The molecule has 1 amide bonds. The van der Waals surface area contributed by atoms with Gasteiger partial charge in [-0.2, -0.15) is 13.2 Å². The molecule has 10 heteroatoms. The number of ether oxygens (including phenoxy) is 1. The van der Waals surface area contributed by atoms with Crippen molar-refractivity contribution in [2.75, 3.05) is 11.9 Å². The average Bonchev–Trinajstić information content (AvgIpc) is 2.70. The van der Waals surface area contributed by atoms with E-state index in [1.807, 2.05) is 0 Å². The number of hydrogen-bond acceptors (Lipinski definition) is 5. The van der Waals surface area contributed by atoms with E-state index in [2.05, 4.69) is 25.0 Å². The molecule has 0 saturated heterocycles. The second kappa shape index (κ2) is 8.76. The van der Waals surface area contributed by atoms with Crippen LogP contribution < -0.4 is 15.6 Å². The minimum absolute atomic E-state index is 0.0211. The van der Waals surface area contributed by atoms with E-state index in [4.69, 9.17) is 0 Å². The topological polar surface area (TPSA) is 97.0 Å². The van der Waals surface area contributed by atoms with Crippen LogP contribution in [0.25, 0.3) is 11.4 Å². The molecular weight excluding hydrogens is 401 g/mol. The molecule has 30 heavy (non-hydrogen) atoms. The third-order valence-corrected chi connectivity index (χ3v) is 4.04. The standard InChI is InChI=1S/C20H17F3N4O3/c1-12-16(19(29)27-18(25-12)13-3-2-8-24-10-13)9-17(28)26-14-4-6-15(7-5-14)30-11-20(21,22)23/h2-8,10H,9,11H2,1H3,(H,26,28)(H,25,27,29). The smallest absolute Gasteiger partial charge is 0.422 e. The maximum atomic E-state index is 12.4. The fourth-order valence-corrected chi connectivity index (χ4v) is 2.62. The summed E-state index contributed by atoms with van der Waals surface area (Å²) in [5.74, 6) is -0.0968. The number of nitrogens with zero attached hydrogens (tertiary/aromatic N) is 2. The first-order valence-electron chi connectivity index (χ1n) is 8.81. The first kappa shape index (κ1) is 21.0. The number of benzene rings is 1. The minimum atomic E-state index is -4.43. The van der Waals surface area contributed by atoms with Gasteiger partial charge in [-0.15, -0.1) is 0 Å². The third kappa shape index (κ3) is 5.66. The maximum Gasteiger partial charge on any atom is 0.422 e. The summed E-state index contributed by atoms with van der Waals surface area (Å²) >= 11 is 0. The number of rotatable bonds is 6. The number of hydrogen-bond donors (Lipinski definition) is 2. The van der Waals surface area contributed by atoms with E-state index in [1.54, 1.807) is 31.5 Å². The highest BCUT2D eigenvalue weighted by molar-refractivity contribution is 5.92. The summed E-state index contributed by atoms with van der Waals surface area (Å²) in [6, 6.07) is 8.90. The molecule has 1 aromatic carbocycles. The zero-order valence-corrected chi connectivity index (χ0v) is 15.8. The van der Waals surface area contributed by atoms with Gasteiger partial charge in [0, 0.05) is 34.9 Å². The predicted molar refractivity (Wildman–Crippen MR) is 103 cm³/mol. The summed E-state index contributed by atoms with van der Waals surface area (Å²) in [4.78, 5) is 35.7. The number of alkyl halides is 3. The van der Waals surface area contributed by atoms with E-state index in [0.717, 1.165) is 0 Å². The molecule has 2 aromatic heterocycles. The Balaban J connectivity index is 1.65. The number of carbonyl (C=O) groups is 1.